The van der Waals surface area contributed by atoms with Gasteiger partial charge in [0.25, 0.3) is 0 Å². The van der Waals surface area contributed by atoms with Crippen LogP contribution in [-0.4, -0.2) is 31.2 Å². The molecular weight excluding hydrogens is 353 g/mol. The van der Waals surface area contributed by atoms with Gasteiger partial charge in [0.15, 0.2) is 5.82 Å². The first-order valence-electron chi connectivity index (χ1n) is 7.05. The van der Waals surface area contributed by atoms with Gasteiger partial charge in [-0.15, -0.1) is 0 Å². The molecule has 0 fully saturated rings. The van der Waals surface area contributed by atoms with Gasteiger partial charge in [-0.3, -0.25) is 4.79 Å². The molecule has 1 unspecified atom stereocenters. The molecule has 0 aliphatic carbocycles. The minimum atomic E-state index is -0.555. The number of carbonyl (C=O) groups is 1. The van der Waals surface area contributed by atoms with Crippen molar-refractivity contribution < 1.29 is 14.3 Å². The van der Waals surface area contributed by atoms with Crippen LogP contribution in [0.25, 0.3) is 0 Å². The Bertz CT molecular complexity index is 741. The van der Waals surface area contributed by atoms with Gasteiger partial charge in [-0.2, -0.15) is 0 Å². The maximum absolute atomic E-state index is 12.3. The molecule has 0 bridgehead atoms. The summed E-state index contributed by atoms with van der Waals surface area (Å²) in [6.07, 6.45) is 1.41. The Morgan fingerprint density at radius 1 is 1.21 bits per heavy atom. The molecule has 1 aromatic carbocycles. The maximum Gasteiger partial charge on any atom is 0.247 e. The van der Waals surface area contributed by atoms with Gasteiger partial charge in [0.05, 0.1) is 30.0 Å². The molecular formula is C16H17Cl2N3O3. The number of nitrogens with zero attached hydrogens (tertiary/aromatic N) is 1. The number of nitrogens with one attached hydrogen (secondary N) is 2. The number of pyridine rings is 1. The van der Waals surface area contributed by atoms with Crippen molar-refractivity contribution in [2.45, 2.75) is 13.0 Å². The van der Waals surface area contributed by atoms with E-state index >= 15 is 0 Å². The molecule has 0 saturated heterocycles. The Balaban J connectivity index is 2.08. The quantitative estimate of drug-likeness (QED) is 0.808. The molecule has 0 aliphatic heterocycles. The predicted octanol–water partition coefficient (Wildman–Crippen LogP) is 3.84. The molecule has 6 nitrogen and oxygen atoms in total. The summed E-state index contributed by atoms with van der Waals surface area (Å²) in [6, 6.07) is 6.23. The van der Waals surface area contributed by atoms with E-state index in [-0.39, 0.29) is 16.7 Å². The predicted molar refractivity (Wildman–Crippen MR) is 95.5 cm³/mol. The van der Waals surface area contributed by atoms with Gasteiger partial charge >= 0.3 is 0 Å². The lowest BCUT2D eigenvalue weighted by atomic mass is 10.2. The number of hydrogen-bond acceptors (Lipinski definition) is 5. The Kier molecular flexibility index (Phi) is 6.11. The summed E-state index contributed by atoms with van der Waals surface area (Å²) in [7, 11) is 3.11. The first kappa shape index (κ1) is 18.2. The first-order chi connectivity index (χ1) is 11.4. The lowest BCUT2D eigenvalue weighted by Gasteiger charge is -2.18. The molecule has 8 heteroatoms. The van der Waals surface area contributed by atoms with Gasteiger partial charge in [-0.25, -0.2) is 4.98 Å². The number of halogens is 2. The number of benzene rings is 1. The van der Waals surface area contributed by atoms with Gasteiger partial charge in [-0.05, 0) is 25.1 Å². The Hall–Kier alpha value is -2.18. The van der Waals surface area contributed by atoms with Gasteiger partial charge < -0.3 is 20.1 Å². The van der Waals surface area contributed by atoms with Gasteiger partial charge in [-0.1, -0.05) is 23.2 Å². The summed E-state index contributed by atoms with van der Waals surface area (Å²) >= 11 is 11.8. The normalized spacial score (nSPS) is 11.5. The molecule has 1 atom stereocenters. The molecule has 0 aliphatic rings. The molecule has 2 aromatic rings. The fourth-order valence-corrected chi connectivity index (χ4v) is 2.38. The Morgan fingerprint density at radius 3 is 2.58 bits per heavy atom. The highest BCUT2D eigenvalue weighted by Crippen LogP contribution is 2.29. The SMILES string of the molecule is COc1ccc(NC(C)C(=O)Nc2ncc(Cl)cc2Cl)c(OC)c1. The topological polar surface area (TPSA) is 72.5 Å². The first-order valence-corrected chi connectivity index (χ1v) is 7.80. The zero-order valence-corrected chi connectivity index (χ0v) is 14.9. The number of hydrogen-bond donors (Lipinski definition) is 2. The molecule has 0 saturated carbocycles. The van der Waals surface area contributed by atoms with Gasteiger partial charge in [0.1, 0.15) is 17.5 Å². The highest BCUT2D eigenvalue weighted by atomic mass is 35.5. The van der Waals surface area contributed by atoms with Crippen molar-refractivity contribution in [1.29, 1.82) is 0 Å². The second kappa shape index (κ2) is 8.08. The summed E-state index contributed by atoms with van der Waals surface area (Å²) in [5, 5.41) is 6.39. The monoisotopic (exact) mass is 369 g/mol. The van der Waals surface area contributed by atoms with E-state index in [2.05, 4.69) is 15.6 Å². The van der Waals surface area contributed by atoms with Crippen molar-refractivity contribution in [3.63, 3.8) is 0 Å². The van der Waals surface area contributed by atoms with Gasteiger partial charge in [0, 0.05) is 12.3 Å². The minimum Gasteiger partial charge on any atom is -0.497 e. The van der Waals surface area contributed by atoms with Crippen molar-refractivity contribution in [2.75, 3.05) is 24.9 Å². The molecule has 2 rings (SSSR count). The van der Waals surface area contributed by atoms with Crippen LogP contribution in [-0.2, 0) is 4.79 Å². The number of aromatic nitrogens is 1. The van der Waals surface area contributed by atoms with Crippen molar-refractivity contribution in [1.82, 2.24) is 4.98 Å². The summed E-state index contributed by atoms with van der Waals surface area (Å²) in [5.74, 6) is 1.18. The number of amides is 1. The Morgan fingerprint density at radius 2 is 1.96 bits per heavy atom. The summed E-state index contributed by atoms with van der Waals surface area (Å²) in [4.78, 5) is 16.3. The van der Waals surface area contributed by atoms with Crippen molar-refractivity contribution in [2.24, 2.45) is 0 Å². The van der Waals surface area contributed by atoms with Crippen LogP contribution in [0.3, 0.4) is 0 Å². The summed E-state index contributed by atoms with van der Waals surface area (Å²) in [5.41, 5.74) is 0.663. The lowest BCUT2D eigenvalue weighted by molar-refractivity contribution is -0.116. The third-order valence-electron chi connectivity index (χ3n) is 3.22. The largest absolute Gasteiger partial charge is 0.497 e. The molecule has 24 heavy (non-hydrogen) atoms. The number of rotatable bonds is 6. The van der Waals surface area contributed by atoms with Crippen molar-refractivity contribution >= 4 is 40.6 Å². The number of carbonyl (C=O) groups excluding carboxylic acids is 1. The fraction of sp³-hybridized carbons (Fsp3) is 0.250. The molecule has 128 valence electrons. The number of methoxy groups -OCH3 is 2. The van der Waals surface area contributed by atoms with Crippen LogP contribution in [0.2, 0.25) is 10.0 Å². The maximum atomic E-state index is 12.3. The fourth-order valence-electron chi connectivity index (χ4n) is 1.95. The molecule has 1 aromatic heterocycles. The highest BCUT2D eigenvalue weighted by Gasteiger charge is 2.17. The number of ether oxygens (including phenoxy) is 2. The van der Waals surface area contributed by atoms with E-state index < -0.39 is 6.04 Å². The average molecular weight is 370 g/mol. The highest BCUT2D eigenvalue weighted by molar-refractivity contribution is 6.36. The minimum absolute atomic E-state index is 0.251. The Labute approximate surface area is 150 Å². The lowest BCUT2D eigenvalue weighted by Crippen LogP contribution is -2.32. The summed E-state index contributed by atoms with van der Waals surface area (Å²) in [6.45, 7) is 1.71. The molecule has 0 spiro atoms. The summed E-state index contributed by atoms with van der Waals surface area (Å²) < 4.78 is 10.4. The van der Waals surface area contributed by atoms with E-state index in [1.807, 2.05) is 0 Å². The molecule has 1 amide bonds. The van der Waals surface area contributed by atoms with E-state index in [4.69, 9.17) is 32.7 Å². The van der Waals surface area contributed by atoms with Gasteiger partial charge in [0.2, 0.25) is 5.91 Å². The van der Waals surface area contributed by atoms with Crippen LogP contribution in [0, 0.1) is 0 Å². The zero-order valence-electron chi connectivity index (χ0n) is 13.4. The third-order valence-corrected chi connectivity index (χ3v) is 3.72. The van der Waals surface area contributed by atoms with Crippen LogP contribution in [0.4, 0.5) is 11.5 Å². The molecule has 1 heterocycles. The molecule has 0 radical (unpaired) electrons. The van der Waals surface area contributed by atoms with Crippen molar-refractivity contribution in [3.05, 3.63) is 40.5 Å². The number of anilines is 2. The van der Waals surface area contributed by atoms with Crippen LogP contribution >= 0.6 is 23.2 Å². The van der Waals surface area contributed by atoms with E-state index in [1.165, 1.54) is 12.3 Å². The molecule has 2 N–H and O–H groups in total. The smallest absolute Gasteiger partial charge is 0.247 e. The second-order valence-corrected chi connectivity index (χ2v) is 5.75. The van der Waals surface area contributed by atoms with E-state index in [0.717, 1.165) is 0 Å². The average Bonchev–Trinajstić information content (AvgIpc) is 2.57. The zero-order chi connectivity index (χ0) is 17.7. The van der Waals surface area contributed by atoms with E-state index in [1.54, 1.807) is 39.3 Å². The third kappa shape index (κ3) is 4.43. The van der Waals surface area contributed by atoms with Crippen LogP contribution in [0.15, 0.2) is 30.5 Å². The van der Waals surface area contributed by atoms with Crippen molar-refractivity contribution in [3.8, 4) is 11.5 Å². The van der Waals surface area contributed by atoms with E-state index in [0.29, 0.717) is 22.2 Å². The second-order valence-electron chi connectivity index (χ2n) is 4.91. The van der Waals surface area contributed by atoms with Crippen LogP contribution < -0.4 is 20.1 Å². The standard InChI is InChI=1S/C16H17Cl2N3O3/c1-9(16(22)21-15-12(18)6-10(17)8-19-15)20-13-5-4-11(23-2)7-14(13)24-3/h4-9,20H,1-3H3,(H,19,21,22). The van der Waals surface area contributed by atoms with Crippen LogP contribution in [0.1, 0.15) is 6.92 Å². The van der Waals surface area contributed by atoms with Crippen LogP contribution in [0.5, 0.6) is 11.5 Å². The van der Waals surface area contributed by atoms with E-state index in [9.17, 15) is 4.79 Å².